The lowest BCUT2D eigenvalue weighted by Gasteiger charge is -2.25. The van der Waals surface area contributed by atoms with E-state index in [0.29, 0.717) is 0 Å². The molecule has 152 valence electrons. The third kappa shape index (κ3) is 4.64. The molecule has 0 aromatic heterocycles. The molecule has 0 saturated heterocycles. The van der Waals surface area contributed by atoms with E-state index in [4.69, 9.17) is 0 Å². The molecule has 1 aliphatic rings. The van der Waals surface area contributed by atoms with E-state index in [-0.39, 0.29) is 39.7 Å². The van der Waals surface area contributed by atoms with Gasteiger partial charge in [-0.1, -0.05) is 42.1 Å². The van der Waals surface area contributed by atoms with Crippen molar-refractivity contribution in [2.75, 3.05) is 11.1 Å². The van der Waals surface area contributed by atoms with Gasteiger partial charge in [0.05, 0.1) is 27.3 Å². The lowest BCUT2D eigenvalue weighted by atomic mass is 9.87. The molecule has 1 aliphatic heterocycles. The van der Waals surface area contributed by atoms with Gasteiger partial charge >= 0.3 is 0 Å². The van der Waals surface area contributed by atoms with Gasteiger partial charge in [-0.3, -0.25) is 19.7 Å². The van der Waals surface area contributed by atoms with Crippen molar-refractivity contribution in [3.8, 4) is 6.07 Å². The van der Waals surface area contributed by atoms with Crippen LogP contribution < -0.4 is 10.6 Å². The van der Waals surface area contributed by atoms with Gasteiger partial charge in [0.25, 0.3) is 5.69 Å². The van der Waals surface area contributed by atoms with Gasteiger partial charge in [0, 0.05) is 18.4 Å². The summed E-state index contributed by atoms with van der Waals surface area (Å²) in [7, 11) is 0. The Hall–Kier alpha value is -3.71. The van der Waals surface area contributed by atoms with E-state index >= 15 is 0 Å². The molecule has 8 nitrogen and oxygen atoms in total. The molecular weight excluding hydrogens is 411 g/mol. The monoisotopic (exact) mass is 426 g/mol. The Bertz CT molecular complexity index is 1100. The first-order valence-electron chi connectivity index (χ1n) is 8.75. The Morgan fingerprint density at radius 2 is 2.00 bits per heavy atom. The number of para-hydroxylation sites is 2. The van der Waals surface area contributed by atoms with Crippen molar-refractivity contribution in [2.24, 2.45) is 0 Å². The highest BCUT2D eigenvalue weighted by Gasteiger charge is 2.31. The number of amides is 2. The fourth-order valence-corrected chi connectivity index (χ4v) is 3.90. The fraction of sp³-hybridized carbons (Fsp3) is 0.150. The third-order valence-electron chi connectivity index (χ3n) is 4.36. The predicted molar refractivity (Wildman–Crippen MR) is 109 cm³/mol. The molecule has 1 atom stereocenters. The number of anilines is 1. The number of allylic oxidation sites excluding steroid dienone is 1. The molecular formula is C20H15FN4O4S. The highest BCUT2D eigenvalue weighted by atomic mass is 32.2. The first kappa shape index (κ1) is 21.0. The van der Waals surface area contributed by atoms with Gasteiger partial charge in [0.15, 0.2) is 0 Å². The molecule has 0 aliphatic carbocycles. The lowest BCUT2D eigenvalue weighted by Crippen LogP contribution is -2.31. The quantitative estimate of drug-likeness (QED) is 0.538. The summed E-state index contributed by atoms with van der Waals surface area (Å²) >= 11 is 0.901. The Morgan fingerprint density at radius 1 is 1.30 bits per heavy atom. The number of nitrogens with one attached hydrogen (secondary N) is 2. The maximum atomic E-state index is 14.2. The molecule has 2 aromatic rings. The summed E-state index contributed by atoms with van der Waals surface area (Å²) in [5.74, 6) is -2.45. The highest BCUT2D eigenvalue weighted by molar-refractivity contribution is 8.03. The topological polar surface area (TPSA) is 125 Å². The van der Waals surface area contributed by atoms with Crippen LogP contribution in [0.15, 0.2) is 59.1 Å². The molecule has 1 unspecified atom stereocenters. The van der Waals surface area contributed by atoms with E-state index in [1.807, 2.05) is 6.07 Å². The lowest BCUT2D eigenvalue weighted by molar-refractivity contribution is -0.383. The number of nitro benzene ring substituents is 1. The van der Waals surface area contributed by atoms with Crippen LogP contribution in [0.2, 0.25) is 0 Å². The minimum Gasteiger partial charge on any atom is -0.320 e. The number of hydrogen-bond acceptors (Lipinski definition) is 6. The van der Waals surface area contributed by atoms with Gasteiger partial charge in [-0.25, -0.2) is 4.39 Å². The number of carbonyl (C=O) groups is 2. The van der Waals surface area contributed by atoms with Crippen LogP contribution in [0.3, 0.4) is 0 Å². The first-order chi connectivity index (χ1) is 14.4. The van der Waals surface area contributed by atoms with Gasteiger partial charge in [-0.05, 0) is 17.7 Å². The largest absolute Gasteiger partial charge is 0.320 e. The second-order valence-electron chi connectivity index (χ2n) is 6.29. The summed E-state index contributed by atoms with van der Waals surface area (Å²) in [6, 6.07) is 13.6. The van der Waals surface area contributed by atoms with Crippen molar-refractivity contribution < 1.29 is 18.9 Å². The van der Waals surface area contributed by atoms with Crippen LogP contribution in [0.5, 0.6) is 0 Å². The third-order valence-corrected chi connectivity index (χ3v) is 5.38. The Labute approximate surface area is 174 Å². The number of rotatable bonds is 6. The molecule has 0 spiro atoms. The highest BCUT2D eigenvalue weighted by Crippen LogP contribution is 2.37. The number of hydrogen-bond donors (Lipinski definition) is 2. The fourth-order valence-electron chi connectivity index (χ4n) is 3.02. The van der Waals surface area contributed by atoms with E-state index in [1.54, 1.807) is 12.1 Å². The Balaban J connectivity index is 1.78. The van der Waals surface area contributed by atoms with Crippen molar-refractivity contribution in [2.45, 2.75) is 12.3 Å². The second-order valence-corrected chi connectivity index (χ2v) is 7.28. The van der Waals surface area contributed by atoms with Crippen LogP contribution in [0.1, 0.15) is 17.9 Å². The van der Waals surface area contributed by atoms with Crippen molar-refractivity contribution >= 4 is 35.0 Å². The van der Waals surface area contributed by atoms with Gasteiger partial charge in [-0.15, -0.1) is 0 Å². The van der Waals surface area contributed by atoms with Gasteiger partial charge in [0.2, 0.25) is 11.8 Å². The van der Waals surface area contributed by atoms with Gasteiger partial charge < -0.3 is 10.6 Å². The van der Waals surface area contributed by atoms with Crippen LogP contribution in [-0.2, 0) is 9.59 Å². The van der Waals surface area contributed by atoms with Crippen molar-refractivity contribution in [3.05, 3.63) is 80.6 Å². The number of nitro groups is 1. The van der Waals surface area contributed by atoms with Gasteiger partial charge in [-0.2, -0.15) is 5.26 Å². The predicted octanol–water partition coefficient (Wildman–Crippen LogP) is 3.44. The molecule has 0 fully saturated rings. The average molecular weight is 426 g/mol. The normalized spacial score (nSPS) is 15.9. The smallest absolute Gasteiger partial charge is 0.292 e. The van der Waals surface area contributed by atoms with Crippen LogP contribution in [0, 0.1) is 27.3 Å². The molecule has 0 radical (unpaired) electrons. The zero-order valence-electron chi connectivity index (χ0n) is 15.4. The van der Waals surface area contributed by atoms with Crippen molar-refractivity contribution in [1.82, 2.24) is 5.32 Å². The van der Waals surface area contributed by atoms with Crippen LogP contribution >= 0.6 is 11.8 Å². The summed E-state index contributed by atoms with van der Waals surface area (Å²) in [5.41, 5.74) is 0.174. The van der Waals surface area contributed by atoms with E-state index in [9.17, 15) is 29.4 Å². The zero-order chi connectivity index (χ0) is 21.7. The molecule has 3 rings (SSSR count). The summed E-state index contributed by atoms with van der Waals surface area (Å²) in [4.78, 5) is 34.8. The number of nitrogens with zero attached hydrogens (tertiary/aromatic N) is 2. The summed E-state index contributed by atoms with van der Waals surface area (Å²) < 4.78 is 14.2. The molecule has 30 heavy (non-hydrogen) atoms. The minimum absolute atomic E-state index is 0.0412. The molecule has 0 bridgehead atoms. The van der Waals surface area contributed by atoms with Crippen LogP contribution in [0.4, 0.5) is 15.8 Å². The standard InChI is InChI=1S/C20H15FN4O4S/c21-15-6-2-1-5-12(15)13-9-18(26)24-20(14(13)10-22)30-11-19(27)23-16-7-3-4-8-17(16)25(28)29/h1-8,13H,9,11H2,(H,23,27)(H,24,26). The van der Waals surface area contributed by atoms with Crippen LogP contribution in [-0.4, -0.2) is 22.5 Å². The Kier molecular flexibility index (Phi) is 6.44. The Morgan fingerprint density at radius 3 is 2.70 bits per heavy atom. The molecule has 2 amide bonds. The summed E-state index contributed by atoms with van der Waals surface area (Å²) in [6.45, 7) is 0. The number of carbonyl (C=O) groups excluding carboxylic acids is 2. The number of thioether (sulfide) groups is 1. The van der Waals surface area contributed by atoms with E-state index in [2.05, 4.69) is 10.6 Å². The first-order valence-corrected chi connectivity index (χ1v) is 9.74. The van der Waals surface area contributed by atoms with Crippen LogP contribution in [0.25, 0.3) is 0 Å². The SMILES string of the molecule is N#CC1=C(SCC(=O)Nc2ccccc2[N+](=O)[O-])NC(=O)CC1c1ccccc1F. The van der Waals surface area contributed by atoms with Crippen molar-refractivity contribution in [1.29, 1.82) is 5.26 Å². The number of halogens is 1. The molecule has 2 aromatic carbocycles. The van der Waals surface area contributed by atoms with E-state index in [1.165, 1.54) is 36.4 Å². The number of nitriles is 1. The van der Waals surface area contributed by atoms with E-state index in [0.717, 1.165) is 11.8 Å². The summed E-state index contributed by atoms with van der Waals surface area (Å²) in [6.07, 6.45) is -0.0870. The zero-order valence-corrected chi connectivity index (χ0v) is 16.2. The average Bonchev–Trinajstić information content (AvgIpc) is 2.72. The van der Waals surface area contributed by atoms with E-state index < -0.39 is 28.5 Å². The molecule has 2 N–H and O–H groups in total. The summed E-state index contributed by atoms with van der Waals surface area (Å²) in [5, 5.41) is 25.8. The van der Waals surface area contributed by atoms with Gasteiger partial charge in [0.1, 0.15) is 11.5 Å². The molecule has 1 heterocycles. The maximum Gasteiger partial charge on any atom is 0.292 e. The number of benzene rings is 2. The maximum absolute atomic E-state index is 14.2. The minimum atomic E-state index is -0.759. The molecule has 10 heteroatoms. The molecule has 0 saturated carbocycles. The van der Waals surface area contributed by atoms with Crippen molar-refractivity contribution in [3.63, 3.8) is 0 Å². The second kappa shape index (κ2) is 9.19.